The molecule has 0 aliphatic carbocycles. The van der Waals surface area contributed by atoms with Crippen molar-refractivity contribution in [1.82, 2.24) is 19.8 Å². The van der Waals surface area contributed by atoms with Crippen LogP contribution in [0.25, 0.3) is 22.5 Å². The average molecular weight is 1240 g/mol. The number of aliphatic hydroxyl groups excluding tert-OH is 1. The number of hydrogen-bond donors (Lipinski definition) is 3. The van der Waals surface area contributed by atoms with Gasteiger partial charge in [0.2, 0.25) is 0 Å². The minimum absolute atomic E-state index is 0.0528. The zero-order valence-electron chi connectivity index (χ0n) is 54.9. The Balaban J connectivity index is 0.000000218. The van der Waals surface area contributed by atoms with E-state index in [0.29, 0.717) is 76.7 Å². The van der Waals surface area contributed by atoms with E-state index >= 15 is 0 Å². The molecule has 3 N–H and O–H groups in total. The van der Waals surface area contributed by atoms with Gasteiger partial charge >= 0.3 is 11.9 Å². The molecule has 11 rings (SSSR count). The lowest BCUT2D eigenvalue weighted by molar-refractivity contribution is -0.147. The quantitative estimate of drug-likeness (QED) is 0.0787. The number of anilines is 2. The van der Waals surface area contributed by atoms with Crippen LogP contribution < -0.4 is 19.3 Å². The molecule has 3 saturated heterocycles. The van der Waals surface area contributed by atoms with Gasteiger partial charge in [0.15, 0.2) is 5.13 Å². The highest BCUT2D eigenvalue weighted by Crippen LogP contribution is 2.40. The van der Waals surface area contributed by atoms with Crippen molar-refractivity contribution in [2.75, 3.05) is 89.6 Å². The number of nitrogens with zero attached hydrogens (tertiary/aromatic N) is 6. The first-order valence-electron chi connectivity index (χ1n) is 32.7. The number of carbonyl (C=O) groups is 2. The number of fused-ring (bicyclic) bond motifs is 2. The summed E-state index contributed by atoms with van der Waals surface area (Å²) in [5, 5.41) is 28.9. The van der Waals surface area contributed by atoms with E-state index in [9.17, 15) is 19.8 Å². The first kappa shape index (κ1) is 68.5. The van der Waals surface area contributed by atoms with Crippen molar-refractivity contribution < 1.29 is 43.9 Å². The zero-order valence-corrected chi connectivity index (χ0v) is 55.8. The molecule has 0 bridgehead atoms. The third-order valence-electron chi connectivity index (χ3n) is 18.8. The Kier molecular flexibility index (Phi) is 25.1. The number of rotatable bonds is 17. The van der Waals surface area contributed by atoms with Gasteiger partial charge in [-0.2, -0.15) is 0 Å². The predicted molar refractivity (Wildman–Crippen MR) is 359 cm³/mol. The Bertz CT molecular complexity index is 3240. The van der Waals surface area contributed by atoms with Crippen molar-refractivity contribution in [3.05, 3.63) is 141 Å². The first-order chi connectivity index (χ1) is 43.1. The third kappa shape index (κ3) is 17.0. The number of aryl methyl sites for hydroxylation is 2. The molecule has 0 radical (unpaired) electrons. The molecule has 4 aromatic carbocycles. The molecule has 16 heteroatoms. The van der Waals surface area contributed by atoms with Gasteiger partial charge in [-0.05, 0) is 146 Å². The van der Waals surface area contributed by atoms with Crippen molar-refractivity contribution in [3.63, 3.8) is 0 Å². The van der Waals surface area contributed by atoms with E-state index in [1.165, 1.54) is 46.2 Å². The number of carboxylic acid groups (broad SMARTS) is 2. The summed E-state index contributed by atoms with van der Waals surface area (Å²) in [4.78, 5) is 42.7. The molecule has 0 amide bonds. The SMILES string of the molecule is CC.CCC(CC)N1CCc2ccc(COc3c(C)cccc3-c3csc(N4CCC(C(=O)O)C(OC)C4)n3)cc2C(C)C1.CO.Cc1cccc(-c2cccc(N3CCC(C(=O)O)CC3)n2)c1OCc1ccc2c(c1)C(C)(C)CN(C1CCOCC1)CC2. The van der Waals surface area contributed by atoms with Gasteiger partial charge in [0.05, 0.1) is 29.3 Å². The van der Waals surface area contributed by atoms with E-state index in [4.69, 9.17) is 34.0 Å². The lowest BCUT2D eigenvalue weighted by Gasteiger charge is -2.38. The van der Waals surface area contributed by atoms with Gasteiger partial charge < -0.3 is 44.1 Å². The second-order valence-electron chi connectivity index (χ2n) is 25.0. The van der Waals surface area contributed by atoms with E-state index in [1.807, 2.05) is 38.1 Å². The number of benzene rings is 4. The van der Waals surface area contributed by atoms with Gasteiger partial charge in [-0.3, -0.25) is 19.4 Å². The molecule has 5 aliphatic heterocycles. The number of aromatic nitrogens is 2. The molecule has 5 aliphatic rings. The number of pyridine rings is 1. The standard InChI is InChI=1S/C36H45N3O4.C34H45N3O4S.C2H6.CH4O/c1-25-6-4-7-30(32-8-5-9-33(37-32)38-17-13-28(14-18-38)35(40)41)34(25)43-23-26-10-11-27-12-19-39(29-15-20-42-21-16-29)24-36(2,3)31(27)22-26;1-6-26(7-2)36-15-13-25-12-11-24(17-29(25)23(4)18-36)20-41-32-22(3)9-8-10-27(32)30-21-42-34(35-30)37-16-14-28(33(38)39)31(19-37)40-5;2*1-2/h4-11,22,28-29H,12-21,23-24H2,1-3H3,(H,40,41);8-12,17,21,23,26,28,31H,6-7,13-16,18-20H2,1-5H3,(H,38,39);1-2H3;2H,1H3. The summed E-state index contributed by atoms with van der Waals surface area (Å²) in [5.74, 6) is 0.851. The highest BCUT2D eigenvalue weighted by atomic mass is 32.1. The van der Waals surface area contributed by atoms with Crippen molar-refractivity contribution in [2.24, 2.45) is 11.8 Å². The Morgan fingerprint density at radius 2 is 1.31 bits per heavy atom. The monoisotopic (exact) mass is 1240 g/mol. The van der Waals surface area contributed by atoms with Crippen LogP contribution in [0.2, 0.25) is 0 Å². The molecule has 89 heavy (non-hydrogen) atoms. The minimum Gasteiger partial charge on any atom is -0.488 e. The number of thiazole rings is 1. The summed E-state index contributed by atoms with van der Waals surface area (Å²) in [6, 6.07) is 33.6. The second-order valence-corrected chi connectivity index (χ2v) is 25.9. The van der Waals surface area contributed by atoms with Crippen LogP contribution in [0.4, 0.5) is 10.9 Å². The van der Waals surface area contributed by atoms with Crippen molar-refractivity contribution in [1.29, 1.82) is 0 Å². The molecule has 7 heterocycles. The third-order valence-corrected chi connectivity index (χ3v) is 19.7. The Labute approximate surface area is 534 Å². The smallest absolute Gasteiger partial charge is 0.309 e. The minimum atomic E-state index is -0.796. The van der Waals surface area contributed by atoms with E-state index in [1.54, 1.807) is 18.4 Å². The molecule has 0 spiro atoms. The van der Waals surface area contributed by atoms with Gasteiger partial charge in [-0.15, -0.1) is 11.3 Å². The maximum absolute atomic E-state index is 11.6. The molecule has 6 aromatic rings. The summed E-state index contributed by atoms with van der Waals surface area (Å²) in [7, 11) is 2.58. The topological polar surface area (TPSA) is 170 Å². The summed E-state index contributed by atoms with van der Waals surface area (Å²) >= 11 is 1.58. The fraction of sp³-hybridized carbons (Fsp3) is 0.534. The lowest BCUT2D eigenvalue weighted by atomic mass is 9.80. The van der Waals surface area contributed by atoms with E-state index in [2.05, 4.69) is 140 Å². The lowest BCUT2D eigenvalue weighted by Crippen LogP contribution is -2.47. The predicted octanol–water partition coefficient (Wildman–Crippen LogP) is 13.7. The Morgan fingerprint density at radius 1 is 0.708 bits per heavy atom. The van der Waals surface area contributed by atoms with Crippen LogP contribution >= 0.6 is 11.3 Å². The number of aliphatic carboxylic acids is 2. The van der Waals surface area contributed by atoms with E-state index in [0.717, 1.165) is 128 Å². The summed E-state index contributed by atoms with van der Waals surface area (Å²) in [6.45, 7) is 29.6. The first-order valence-corrected chi connectivity index (χ1v) is 33.6. The zero-order chi connectivity index (χ0) is 63.8. The van der Waals surface area contributed by atoms with Crippen molar-refractivity contribution >= 4 is 34.2 Å². The van der Waals surface area contributed by atoms with Crippen LogP contribution in [0.1, 0.15) is 144 Å². The molecule has 2 aromatic heterocycles. The molecule has 3 fully saturated rings. The Hall–Kier alpha value is -6.40. The van der Waals surface area contributed by atoms with Crippen LogP contribution in [-0.2, 0) is 50.5 Å². The fourth-order valence-electron chi connectivity index (χ4n) is 13.9. The average Bonchev–Trinajstić information content (AvgIpc) is 2.77. The van der Waals surface area contributed by atoms with Gasteiger partial charge in [0.1, 0.15) is 30.5 Å². The largest absolute Gasteiger partial charge is 0.488 e. The highest BCUT2D eigenvalue weighted by molar-refractivity contribution is 7.14. The van der Waals surface area contributed by atoms with Gasteiger partial charge in [0, 0.05) is 114 Å². The number of piperidine rings is 2. The van der Waals surface area contributed by atoms with Gasteiger partial charge in [0.25, 0.3) is 0 Å². The van der Waals surface area contributed by atoms with Crippen molar-refractivity contribution in [2.45, 2.75) is 163 Å². The fourth-order valence-corrected chi connectivity index (χ4v) is 14.7. The number of hydrogen-bond acceptors (Lipinski definition) is 14. The molecular formula is C73H100N6O9S. The number of methoxy groups -OCH3 is 1. The van der Waals surface area contributed by atoms with Crippen LogP contribution in [0.15, 0.2) is 96.4 Å². The molecule has 3 atom stereocenters. The highest BCUT2D eigenvalue weighted by Gasteiger charge is 2.37. The van der Waals surface area contributed by atoms with Crippen LogP contribution in [0.3, 0.4) is 0 Å². The van der Waals surface area contributed by atoms with Crippen molar-refractivity contribution in [3.8, 4) is 34.0 Å². The van der Waals surface area contributed by atoms with Crippen LogP contribution in [0.5, 0.6) is 11.5 Å². The summed E-state index contributed by atoms with van der Waals surface area (Å²) < 4.78 is 24.3. The number of para-hydroxylation sites is 2. The maximum Gasteiger partial charge on any atom is 0.309 e. The molecule has 0 saturated carbocycles. The normalized spacial score (nSPS) is 19.8. The van der Waals surface area contributed by atoms with Gasteiger partial charge in [-0.25, -0.2) is 9.97 Å². The second kappa shape index (κ2) is 32.6. The molecule has 482 valence electrons. The molecule has 15 nitrogen and oxygen atoms in total. The number of ether oxygens (including phenoxy) is 4. The van der Waals surface area contributed by atoms with E-state index < -0.39 is 17.9 Å². The number of carboxylic acids is 2. The summed E-state index contributed by atoms with van der Waals surface area (Å²) in [5.41, 5.74) is 14.1. The van der Waals surface area contributed by atoms with Crippen LogP contribution in [0, 0.1) is 25.7 Å². The van der Waals surface area contributed by atoms with Gasteiger partial charge in [-0.1, -0.05) is 115 Å². The molecular weight excluding hydrogens is 1140 g/mol. The summed E-state index contributed by atoms with van der Waals surface area (Å²) in [6.07, 6.45) is 8.32. The van der Waals surface area contributed by atoms with E-state index in [-0.39, 0.29) is 17.4 Å². The maximum atomic E-state index is 11.6. The Morgan fingerprint density at radius 3 is 1.94 bits per heavy atom. The van der Waals surface area contributed by atoms with Crippen LogP contribution in [-0.4, -0.2) is 145 Å². The number of aliphatic hydroxyl groups is 1. The molecule has 3 unspecified atom stereocenters.